The molecule has 0 bridgehead atoms. The van der Waals surface area contributed by atoms with Crippen LogP contribution in [-0.4, -0.2) is 63.2 Å². The Bertz CT molecular complexity index is 626. The fraction of sp³-hybridized carbons (Fsp3) is 0.632. The van der Waals surface area contributed by atoms with E-state index in [0.29, 0.717) is 29.1 Å². The summed E-state index contributed by atoms with van der Waals surface area (Å²) in [6.45, 7) is 6.29. The van der Waals surface area contributed by atoms with Gasteiger partial charge in [0.15, 0.2) is 11.5 Å². The number of hydrogen-bond donors (Lipinski definition) is 0. The Kier molecular flexibility index (Phi) is 5.37. The minimum Gasteiger partial charge on any atom is -0.493 e. The van der Waals surface area contributed by atoms with E-state index >= 15 is 0 Å². The van der Waals surface area contributed by atoms with Gasteiger partial charge in [0.1, 0.15) is 0 Å². The minimum absolute atomic E-state index is 0.275. The maximum Gasteiger partial charge on any atom is 0.226 e. The zero-order valence-electron chi connectivity index (χ0n) is 15.6. The van der Waals surface area contributed by atoms with Gasteiger partial charge in [-0.2, -0.15) is 0 Å². The monoisotopic (exact) mass is 348 g/mol. The van der Waals surface area contributed by atoms with Crippen LogP contribution >= 0.6 is 0 Å². The molecule has 25 heavy (non-hydrogen) atoms. The molecule has 1 saturated carbocycles. The third-order valence-electron chi connectivity index (χ3n) is 5.29. The number of nitrogens with zero attached hydrogens (tertiary/aromatic N) is 2. The lowest BCUT2D eigenvalue weighted by atomic mass is 10.1. The van der Waals surface area contributed by atoms with Crippen LogP contribution in [0.5, 0.6) is 17.2 Å². The molecule has 0 aromatic heterocycles. The first-order valence-corrected chi connectivity index (χ1v) is 8.88. The smallest absolute Gasteiger partial charge is 0.226 e. The number of benzene rings is 1. The number of carbonyl (C=O) groups excluding carboxylic acids is 1. The van der Waals surface area contributed by atoms with Gasteiger partial charge in [-0.25, -0.2) is 0 Å². The highest BCUT2D eigenvalue weighted by atomic mass is 16.5. The summed E-state index contributed by atoms with van der Waals surface area (Å²) < 4.78 is 16.4. The molecule has 2 aliphatic rings. The highest BCUT2D eigenvalue weighted by Gasteiger charge is 2.41. The number of rotatable bonds is 6. The molecule has 1 amide bonds. The van der Waals surface area contributed by atoms with Crippen molar-refractivity contribution < 1.29 is 19.0 Å². The lowest BCUT2D eigenvalue weighted by Gasteiger charge is -2.35. The first kappa shape index (κ1) is 17.9. The molecule has 1 aromatic rings. The van der Waals surface area contributed by atoms with Crippen LogP contribution in [0.15, 0.2) is 12.1 Å². The molecular weight excluding hydrogens is 320 g/mol. The zero-order chi connectivity index (χ0) is 18.0. The van der Waals surface area contributed by atoms with E-state index in [9.17, 15) is 4.79 Å². The molecule has 1 aromatic carbocycles. The third-order valence-corrected chi connectivity index (χ3v) is 5.29. The van der Waals surface area contributed by atoms with E-state index in [2.05, 4.69) is 11.8 Å². The Morgan fingerprint density at radius 2 is 1.68 bits per heavy atom. The van der Waals surface area contributed by atoms with Gasteiger partial charge in [0, 0.05) is 44.2 Å². The van der Waals surface area contributed by atoms with Crippen LogP contribution < -0.4 is 14.2 Å². The fourth-order valence-corrected chi connectivity index (χ4v) is 3.56. The van der Waals surface area contributed by atoms with Crippen molar-refractivity contribution in [2.45, 2.75) is 19.9 Å². The molecular formula is C19H28N2O4. The van der Waals surface area contributed by atoms with Gasteiger partial charge in [0.05, 0.1) is 21.3 Å². The lowest BCUT2D eigenvalue weighted by Crippen LogP contribution is -2.48. The van der Waals surface area contributed by atoms with Crippen LogP contribution in [0.25, 0.3) is 0 Å². The van der Waals surface area contributed by atoms with Gasteiger partial charge in [0.2, 0.25) is 11.7 Å². The molecule has 138 valence electrons. The quantitative estimate of drug-likeness (QED) is 0.787. The molecule has 2 atom stereocenters. The molecule has 1 aliphatic heterocycles. The molecule has 0 unspecified atom stereocenters. The Morgan fingerprint density at radius 3 is 2.20 bits per heavy atom. The number of carbonyl (C=O) groups is 1. The summed E-state index contributed by atoms with van der Waals surface area (Å²) in [6.07, 6.45) is 1.06. The van der Waals surface area contributed by atoms with Crippen molar-refractivity contribution >= 4 is 5.91 Å². The van der Waals surface area contributed by atoms with Crippen LogP contribution in [-0.2, 0) is 11.3 Å². The SMILES string of the molecule is COc1ccc(CN2CCN(C(=O)[C@H]3C[C@H]3C)CC2)c(OC)c1OC. The molecule has 0 N–H and O–H groups in total. The Balaban J connectivity index is 1.63. The van der Waals surface area contributed by atoms with Gasteiger partial charge in [0.25, 0.3) is 0 Å². The summed E-state index contributed by atoms with van der Waals surface area (Å²) in [6, 6.07) is 3.93. The maximum atomic E-state index is 12.3. The first-order valence-electron chi connectivity index (χ1n) is 8.88. The van der Waals surface area contributed by atoms with Crippen molar-refractivity contribution in [3.05, 3.63) is 17.7 Å². The van der Waals surface area contributed by atoms with E-state index in [1.807, 2.05) is 17.0 Å². The summed E-state index contributed by atoms with van der Waals surface area (Å²) in [5.74, 6) is 3.19. The predicted octanol–water partition coefficient (Wildman–Crippen LogP) is 2.01. The van der Waals surface area contributed by atoms with Crippen LogP contribution in [0.2, 0.25) is 0 Å². The van der Waals surface area contributed by atoms with Gasteiger partial charge in [-0.1, -0.05) is 13.0 Å². The molecule has 1 aliphatic carbocycles. The molecule has 0 radical (unpaired) electrons. The highest BCUT2D eigenvalue weighted by Crippen LogP contribution is 2.41. The summed E-state index contributed by atoms with van der Waals surface area (Å²) in [5, 5.41) is 0. The van der Waals surface area contributed by atoms with E-state index in [0.717, 1.165) is 44.7 Å². The number of ether oxygens (including phenoxy) is 3. The topological polar surface area (TPSA) is 51.2 Å². The predicted molar refractivity (Wildman–Crippen MR) is 95.2 cm³/mol. The van der Waals surface area contributed by atoms with Crippen molar-refractivity contribution in [2.24, 2.45) is 11.8 Å². The molecule has 6 nitrogen and oxygen atoms in total. The van der Waals surface area contributed by atoms with Gasteiger partial charge in [-0.3, -0.25) is 9.69 Å². The maximum absolute atomic E-state index is 12.3. The van der Waals surface area contributed by atoms with Crippen LogP contribution in [0.1, 0.15) is 18.9 Å². The number of piperazine rings is 1. The molecule has 1 saturated heterocycles. The Hall–Kier alpha value is -1.95. The summed E-state index contributed by atoms with van der Waals surface area (Å²) >= 11 is 0. The average molecular weight is 348 g/mol. The van der Waals surface area contributed by atoms with E-state index in [1.54, 1.807) is 21.3 Å². The van der Waals surface area contributed by atoms with Gasteiger partial charge >= 0.3 is 0 Å². The molecule has 0 spiro atoms. The lowest BCUT2D eigenvalue weighted by molar-refractivity contribution is -0.134. The molecule has 6 heteroatoms. The standard InChI is InChI=1S/C19H28N2O4/c1-13-11-15(13)19(22)21-9-7-20(8-10-21)12-14-5-6-16(23-2)18(25-4)17(14)24-3/h5-6,13,15H,7-12H2,1-4H3/t13-,15+/m1/s1. The highest BCUT2D eigenvalue weighted by molar-refractivity contribution is 5.81. The second kappa shape index (κ2) is 7.52. The van der Waals surface area contributed by atoms with E-state index in [1.165, 1.54) is 0 Å². The van der Waals surface area contributed by atoms with Gasteiger partial charge in [-0.05, 0) is 18.4 Å². The van der Waals surface area contributed by atoms with E-state index < -0.39 is 0 Å². The fourth-order valence-electron chi connectivity index (χ4n) is 3.56. The molecule has 1 heterocycles. The number of amides is 1. The largest absolute Gasteiger partial charge is 0.493 e. The number of hydrogen-bond acceptors (Lipinski definition) is 5. The van der Waals surface area contributed by atoms with E-state index in [4.69, 9.17) is 14.2 Å². The van der Waals surface area contributed by atoms with Gasteiger partial charge < -0.3 is 19.1 Å². The molecule has 3 rings (SSSR count). The normalized spacial score (nSPS) is 23.3. The minimum atomic E-state index is 0.275. The number of methoxy groups -OCH3 is 3. The zero-order valence-corrected chi connectivity index (χ0v) is 15.6. The first-order chi connectivity index (χ1) is 12.1. The Morgan fingerprint density at radius 1 is 1.04 bits per heavy atom. The summed E-state index contributed by atoms with van der Waals surface area (Å²) in [5.41, 5.74) is 1.07. The summed E-state index contributed by atoms with van der Waals surface area (Å²) in [4.78, 5) is 16.7. The van der Waals surface area contributed by atoms with Gasteiger partial charge in [-0.15, -0.1) is 0 Å². The van der Waals surface area contributed by atoms with Crippen molar-refractivity contribution in [3.63, 3.8) is 0 Å². The van der Waals surface area contributed by atoms with Crippen molar-refractivity contribution in [1.29, 1.82) is 0 Å². The second-order valence-electron chi connectivity index (χ2n) is 6.91. The van der Waals surface area contributed by atoms with Crippen molar-refractivity contribution in [3.8, 4) is 17.2 Å². The van der Waals surface area contributed by atoms with Crippen molar-refractivity contribution in [2.75, 3.05) is 47.5 Å². The second-order valence-corrected chi connectivity index (χ2v) is 6.91. The Labute approximate surface area is 149 Å². The molecule has 2 fully saturated rings. The van der Waals surface area contributed by atoms with Crippen LogP contribution in [0.4, 0.5) is 0 Å². The average Bonchev–Trinajstić information content (AvgIpc) is 3.37. The van der Waals surface area contributed by atoms with Crippen LogP contribution in [0.3, 0.4) is 0 Å². The van der Waals surface area contributed by atoms with Crippen molar-refractivity contribution in [1.82, 2.24) is 9.80 Å². The van der Waals surface area contributed by atoms with Crippen LogP contribution in [0, 0.1) is 11.8 Å². The van der Waals surface area contributed by atoms with E-state index in [-0.39, 0.29) is 5.92 Å². The summed E-state index contributed by atoms with van der Waals surface area (Å²) in [7, 11) is 4.88. The third kappa shape index (κ3) is 3.68.